The molecule has 0 fully saturated rings. The Balaban J connectivity index is 1.86. The van der Waals surface area contributed by atoms with Crippen LogP contribution >= 0.6 is 11.3 Å². The average molecular weight is 372 g/mol. The number of amides is 1. The molecule has 1 heterocycles. The van der Waals surface area contributed by atoms with E-state index in [4.69, 9.17) is 4.74 Å². The number of hydrogen-bond acceptors (Lipinski definition) is 5. The number of thiophene rings is 1. The molecule has 0 spiro atoms. The van der Waals surface area contributed by atoms with Crippen molar-refractivity contribution >= 4 is 35.0 Å². The molecule has 1 aromatic carbocycles. The van der Waals surface area contributed by atoms with E-state index in [0.29, 0.717) is 13.2 Å². The number of hydrogen-bond donors (Lipinski definition) is 1. The van der Waals surface area contributed by atoms with Gasteiger partial charge in [0.15, 0.2) is 0 Å². The number of nitrogens with one attached hydrogen (secondary N) is 1. The highest BCUT2D eigenvalue weighted by atomic mass is 32.1. The van der Waals surface area contributed by atoms with E-state index in [1.165, 1.54) is 11.0 Å². The van der Waals surface area contributed by atoms with Gasteiger partial charge in [-0.3, -0.25) is 9.69 Å². The van der Waals surface area contributed by atoms with Gasteiger partial charge in [-0.2, -0.15) is 0 Å². The van der Waals surface area contributed by atoms with Crippen LogP contribution in [0.4, 0.5) is 5.69 Å². The van der Waals surface area contributed by atoms with Gasteiger partial charge in [0.05, 0.1) is 13.2 Å². The third kappa shape index (κ3) is 6.13. The highest BCUT2D eigenvalue weighted by Gasteiger charge is 2.15. The topological polar surface area (TPSA) is 58.6 Å². The molecule has 2 aromatic rings. The Morgan fingerprint density at radius 2 is 2.00 bits per heavy atom. The van der Waals surface area contributed by atoms with E-state index in [1.807, 2.05) is 47.7 Å². The molecule has 26 heavy (non-hydrogen) atoms. The summed E-state index contributed by atoms with van der Waals surface area (Å²) >= 11 is 1.69. The van der Waals surface area contributed by atoms with E-state index >= 15 is 0 Å². The zero-order valence-electron chi connectivity index (χ0n) is 15.3. The molecule has 0 bridgehead atoms. The maximum absolute atomic E-state index is 12.2. The van der Waals surface area contributed by atoms with Gasteiger partial charge in [0.1, 0.15) is 0 Å². The summed E-state index contributed by atoms with van der Waals surface area (Å²) < 4.78 is 4.84. The van der Waals surface area contributed by atoms with Crippen molar-refractivity contribution in [3.05, 3.63) is 58.3 Å². The summed E-state index contributed by atoms with van der Waals surface area (Å²) in [6, 6.07) is 11.6. The molecule has 138 valence electrons. The number of rotatable bonds is 8. The smallest absolute Gasteiger partial charge is 0.330 e. The van der Waals surface area contributed by atoms with Gasteiger partial charge < -0.3 is 10.1 Å². The molecule has 5 nitrogen and oxygen atoms in total. The Kier molecular flexibility index (Phi) is 7.56. The molecule has 1 unspecified atom stereocenters. The number of benzene rings is 1. The highest BCUT2D eigenvalue weighted by molar-refractivity contribution is 7.10. The molecule has 6 heteroatoms. The summed E-state index contributed by atoms with van der Waals surface area (Å²) in [4.78, 5) is 26.8. The van der Waals surface area contributed by atoms with Gasteiger partial charge in [0.2, 0.25) is 5.91 Å². The van der Waals surface area contributed by atoms with Gasteiger partial charge in [-0.15, -0.1) is 11.3 Å². The fourth-order valence-electron chi connectivity index (χ4n) is 2.34. The minimum Gasteiger partial charge on any atom is -0.463 e. The van der Waals surface area contributed by atoms with Crippen LogP contribution in [0.25, 0.3) is 6.08 Å². The number of carbonyl (C=O) groups excluding carboxylic acids is 2. The summed E-state index contributed by atoms with van der Waals surface area (Å²) in [6.07, 6.45) is 3.07. The van der Waals surface area contributed by atoms with E-state index in [1.54, 1.807) is 24.3 Å². The van der Waals surface area contributed by atoms with Crippen LogP contribution in [0.15, 0.2) is 47.9 Å². The van der Waals surface area contributed by atoms with Crippen molar-refractivity contribution in [3.63, 3.8) is 0 Å². The first kappa shape index (κ1) is 19.9. The molecule has 2 rings (SSSR count). The standard InChI is InChI=1S/C20H24N2O3S/c1-4-25-20(24)12-9-16-7-10-17(11-8-16)21-19(23)14-22(3)15(2)18-6-5-13-26-18/h5-13,15H,4,14H2,1-3H3,(H,21,23)/b12-9+. The molecule has 0 aliphatic heterocycles. The third-order valence-corrected chi connectivity index (χ3v) is 4.94. The van der Waals surface area contributed by atoms with Crippen LogP contribution in [-0.4, -0.2) is 37.0 Å². The van der Waals surface area contributed by atoms with E-state index in [2.05, 4.69) is 18.3 Å². The zero-order valence-corrected chi connectivity index (χ0v) is 16.1. The average Bonchev–Trinajstić information content (AvgIpc) is 3.15. The minimum absolute atomic E-state index is 0.0641. The monoisotopic (exact) mass is 372 g/mol. The quantitative estimate of drug-likeness (QED) is 0.563. The van der Waals surface area contributed by atoms with Crippen LogP contribution in [0.5, 0.6) is 0 Å². The SMILES string of the molecule is CCOC(=O)/C=C/c1ccc(NC(=O)CN(C)C(C)c2cccs2)cc1. The second-order valence-electron chi connectivity index (χ2n) is 5.86. The molecular weight excluding hydrogens is 348 g/mol. The normalized spacial score (nSPS) is 12.3. The maximum Gasteiger partial charge on any atom is 0.330 e. The lowest BCUT2D eigenvalue weighted by molar-refractivity contribution is -0.137. The maximum atomic E-state index is 12.2. The fraction of sp³-hybridized carbons (Fsp3) is 0.300. The molecule has 1 aromatic heterocycles. The lowest BCUT2D eigenvalue weighted by Crippen LogP contribution is -2.31. The number of esters is 1. The Labute approximate surface area is 158 Å². The lowest BCUT2D eigenvalue weighted by Gasteiger charge is -2.23. The fourth-order valence-corrected chi connectivity index (χ4v) is 3.19. The molecule has 1 N–H and O–H groups in total. The Morgan fingerprint density at radius 1 is 1.27 bits per heavy atom. The Hall–Kier alpha value is -2.44. The van der Waals surface area contributed by atoms with Gasteiger partial charge in [-0.05, 0) is 56.1 Å². The summed E-state index contributed by atoms with van der Waals surface area (Å²) in [7, 11) is 1.94. The summed E-state index contributed by atoms with van der Waals surface area (Å²) in [6.45, 7) is 4.52. The highest BCUT2D eigenvalue weighted by Crippen LogP contribution is 2.23. The van der Waals surface area contributed by atoms with Gasteiger partial charge in [-0.25, -0.2) is 4.79 Å². The first-order chi connectivity index (χ1) is 12.5. The second kappa shape index (κ2) is 9.89. The minimum atomic E-state index is -0.368. The molecular formula is C20H24N2O3S. The Morgan fingerprint density at radius 3 is 2.62 bits per heavy atom. The van der Waals surface area contributed by atoms with Crippen LogP contribution < -0.4 is 5.32 Å². The van der Waals surface area contributed by atoms with E-state index < -0.39 is 0 Å². The lowest BCUT2D eigenvalue weighted by atomic mass is 10.2. The van der Waals surface area contributed by atoms with Gasteiger partial charge in [0.25, 0.3) is 0 Å². The second-order valence-corrected chi connectivity index (χ2v) is 6.84. The predicted molar refractivity (Wildman–Crippen MR) is 106 cm³/mol. The first-order valence-corrected chi connectivity index (χ1v) is 9.36. The summed E-state index contributed by atoms with van der Waals surface area (Å²) in [5, 5.41) is 4.93. The molecule has 0 saturated heterocycles. The molecule has 0 aliphatic rings. The van der Waals surface area contributed by atoms with Crippen molar-refractivity contribution in [2.75, 3.05) is 25.5 Å². The number of anilines is 1. The van der Waals surface area contributed by atoms with E-state index in [9.17, 15) is 9.59 Å². The van der Waals surface area contributed by atoms with Crippen LogP contribution in [0.1, 0.15) is 30.3 Å². The largest absolute Gasteiger partial charge is 0.463 e. The molecule has 0 radical (unpaired) electrons. The van der Waals surface area contributed by atoms with Crippen molar-refractivity contribution < 1.29 is 14.3 Å². The van der Waals surface area contributed by atoms with Crippen molar-refractivity contribution in [2.24, 2.45) is 0 Å². The number of ether oxygens (including phenoxy) is 1. The van der Waals surface area contributed by atoms with Gasteiger partial charge >= 0.3 is 5.97 Å². The van der Waals surface area contributed by atoms with Crippen LogP contribution in [0, 0.1) is 0 Å². The molecule has 1 amide bonds. The third-order valence-electron chi connectivity index (χ3n) is 3.90. The van der Waals surface area contributed by atoms with Crippen molar-refractivity contribution in [1.82, 2.24) is 4.90 Å². The number of carbonyl (C=O) groups is 2. The van der Waals surface area contributed by atoms with E-state index in [-0.39, 0.29) is 17.9 Å². The van der Waals surface area contributed by atoms with Crippen LogP contribution in [0.2, 0.25) is 0 Å². The predicted octanol–water partition coefficient (Wildman–Crippen LogP) is 3.96. The first-order valence-electron chi connectivity index (χ1n) is 8.48. The van der Waals surface area contributed by atoms with Crippen molar-refractivity contribution in [1.29, 1.82) is 0 Å². The van der Waals surface area contributed by atoms with Crippen LogP contribution in [-0.2, 0) is 14.3 Å². The number of likely N-dealkylation sites (N-methyl/N-ethyl adjacent to an activating group) is 1. The Bertz CT molecular complexity index is 739. The zero-order chi connectivity index (χ0) is 18.9. The molecule has 0 saturated carbocycles. The van der Waals surface area contributed by atoms with Crippen LogP contribution in [0.3, 0.4) is 0 Å². The molecule has 1 atom stereocenters. The molecule has 0 aliphatic carbocycles. The van der Waals surface area contributed by atoms with Crippen molar-refractivity contribution in [3.8, 4) is 0 Å². The van der Waals surface area contributed by atoms with E-state index in [0.717, 1.165) is 11.3 Å². The summed E-state index contributed by atoms with van der Waals surface area (Å²) in [5.74, 6) is -0.432. The summed E-state index contributed by atoms with van der Waals surface area (Å²) in [5.41, 5.74) is 1.58. The number of nitrogens with zero attached hydrogens (tertiary/aromatic N) is 1. The van der Waals surface area contributed by atoms with Gasteiger partial charge in [-0.1, -0.05) is 18.2 Å². The van der Waals surface area contributed by atoms with Crippen molar-refractivity contribution in [2.45, 2.75) is 19.9 Å². The van der Waals surface area contributed by atoms with Gasteiger partial charge in [0, 0.05) is 22.7 Å².